The van der Waals surface area contributed by atoms with Crippen LogP contribution in [-0.2, 0) is 4.79 Å². The van der Waals surface area contributed by atoms with Crippen molar-refractivity contribution in [2.45, 2.75) is 27.2 Å². The molecule has 0 aliphatic rings. The van der Waals surface area contributed by atoms with Gasteiger partial charge in [0.1, 0.15) is 0 Å². The number of hydrogen-bond donors (Lipinski definition) is 1. The zero-order chi connectivity index (χ0) is 11.4. The van der Waals surface area contributed by atoms with Gasteiger partial charge >= 0.3 is 5.97 Å². The van der Waals surface area contributed by atoms with Gasteiger partial charge in [0.25, 0.3) is 0 Å². The predicted octanol–water partition coefficient (Wildman–Crippen LogP) is 2.00. The van der Waals surface area contributed by atoms with Crippen LogP contribution in [0, 0.1) is 5.41 Å². The maximum Gasteiger partial charge on any atom is 0.331 e. The molecule has 0 saturated carbocycles. The summed E-state index contributed by atoms with van der Waals surface area (Å²) in [6, 6.07) is 0. The first-order valence-electron chi connectivity index (χ1n) is 4.79. The fourth-order valence-corrected chi connectivity index (χ4v) is 1.10. The Bertz CT molecular complexity index is 224. The highest BCUT2D eigenvalue weighted by Crippen LogP contribution is 2.23. The molecule has 0 heterocycles. The molecule has 0 fully saturated rings. The van der Waals surface area contributed by atoms with E-state index in [1.165, 1.54) is 0 Å². The lowest BCUT2D eigenvalue weighted by molar-refractivity contribution is -0.133. The van der Waals surface area contributed by atoms with E-state index in [9.17, 15) is 4.79 Å². The van der Waals surface area contributed by atoms with Crippen LogP contribution in [0.2, 0.25) is 0 Å². The molecule has 0 aliphatic heterocycles. The summed E-state index contributed by atoms with van der Waals surface area (Å²) >= 11 is 0. The van der Waals surface area contributed by atoms with Crippen molar-refractivity contribution < 1.29 is 9.90 Å². The number of carboxylic acids is 1. The van der Waals surface area contributed by atoms with E-state index in [1.807, 2.05) is 39.8 Å². The molecule has 0 aromatic rings. The number of rotatable bonds is 4. The van der Waals surface area contributed by atoms with Crippen molar-refractivity contribution in [2.75, 3.05) is 20.6 Å². The van der Waals surface area contributed by atoms with Gasteiger partial charge in [-0.05, 0) is 25.9 Å². The lowest BCUT2D eigenvalue weighted by atomic mass is 9.88. The summed E-state index contributed by atoms with van der Waals surface area (Å²) in [7, 11) is 3.85. The SMILES string of the molecule is CN(C)CC=C(CC(C)(C)C)C(=O)O. The molecule has 0 radical (unpaired) electrons. The van der Waals surface area contributed by atoms with Crippen molar-refractivity contribution in [2.24, 2.45) is 5.41 Å². The van der Waals surface area contributed by atoms with Crippen molar-refractivity contribution in [3.8, 4) is 0 Å². The second-order valence-corrected chi connectivity index (χ2v) is 5.03. The molecule has 0 spiro atoms. The molecule has 14 heavy (non-hydrogen) atoms. The molecule has 3 nitrogen and oxygen atoms in total. The van der Waals surface area contributed by atoms with Crippen molar-refractivity contribution in [3.05, 3.63) is 11.6 Å². The third-order valence-corrected chi connectivity index (χ3v) is 1.70. The molecular formula is C11H21NO2. The highest BCUT2D eigenvalue weighted by molar-refractivity contribution is 5.86. The van der Waals surface area contributed by atoms with Crippen molar-refractivity contribution in [1.29, 1.82) is 0 Å². The number of likely N-dealkylation sites (N-methyl/N-ethyl adjacent to an activating group) is 1. The topological polar surface area (TPSA) is 40.5 Å². The first-order chi connectivity index (χ1) is 6.22. The molecule has 0 aliphatic carbocycles. The molecule has 0 saturated heterocycles. The van der Waals surface area contributed by atoms with Gasteiger partial charge in [0.15, 0.2) is 0 Å². The Morgan fingerprint density at radius 1 is 1.36 bits per heavy atom. The quantitative estimate of drug-likeness (QED) is 0.704. The van der Waals surface area contributed by atoms with E-state index < -0.39 is 5.97 Å². The van der Waals surface area contributed by atoms with Crippen molar-refractivity contribution in [3.63, 3.8) is 0 Å². The zero-order valence-electron chi connectivity index (χ0n) is 9.79. The molecule has 0 bridgehead atoms. The van der Waals surface area contributed by atoms with E-state index in [4.69, 9.17) is 5.11 Å². The van der Waals surface area contributed by atoms with Gasteiger partial charge in [-0.3, -0.25) is 0 Å². The van der Waals surface area contributed by atoms with Gasteiger partial charge in [0.05, 0.1) is 0 Å². The molecular weight excluding hydrogens is 178 g/mol. The van der Waals surface area contributed by atoms with Gasteiger partial charge in [-0.1, -0.05) is 26.8 Å². The van der Waals surface area contributed by atoms with Crippen LogP contribution in [0.25, 0.3) is 0 Å². The smallest absolute Gasteiger partial charge is 0.331 e. The summed E-state index contributed by atoms with van der Waals surface area (Å²) < 4.78 is 0. The summed E-state index contributed by atoms with van der Waals surface area (Å²) in [5.41, 5.74) is 0.530. The number of nitrogens with zero attached hydrogens (tertiary/aromatic N) is 1. The van der Waals surface area contributed by atoms with E-state index in [0.717, 1.165) is 0 Å². The Balaban J connectivity index is 4.45. The lowest BCUT2D eigenvalue weighted by Gasteiger charge is -2.18. The predicted molar refractivity (Wildman–Crippen MR) is 58.3 cm³/mol. The molecule has 3 heteroatoms. The minimum atomic E-state index is -0.804. The number of carbonyl (C=O) groups is 1. The van der Waals surface area contributed by atoms with E-state index >= 15 is 0 Å². The Morgan fingerprint density at radius 3 is 2.14 bits per heavy atom. The Labute approximate surface area is 86.4 Å². The van der Waals surface area contributed by atoms with Crippen LogP contribution in [-0.4, -0.2) is 36.6 Å². The summed E-state index contributed by atoms with van der Waals surface area (Å²) in [6.07, 6.45) is 2.39. The van der Waals surface area contributed by atoms with Gasteiger partial charge in [-0.15, -0.1) is 0 Å². The first-order valence-corrected chi connectivity index (χ1v) is 4.79. The van der Waals surface area contributed by atoms with Gasteiger partial charge in [-0.25, -0.2) is 4.79 Å². The highest BCUT2D eigenvalue weighted by atomic mass is 16.4. The zero-order valence-corrected chi connectivity index (χ0v) is 9.79. The fourth-order valence-electron chi connectivity index (χ4n) is 1.10. The standard InChI is InChI=1S/C11H21NO2/c1-11(2,3)8-9(10(13)14)6-7-12(4)5/h6H,7-8H2,1-5H3,(H,13,14). The molecule has 0 aromatic heterocycles. The maximum absolute atomic E-state index is 10.9. The van der Waals surface area contributed by atoms with Crippen LogP contribution in [0.5, 0.6) is 0 Å². The largest absolute Gasteiger partial charge is 0.478 e. The van der Waals surface area contributed by atoms with Gasteiger partial charge in [0, 0.05) is 12.1 Å². The van der Waals surface area contributed by atoms with Crippen molar-refractivity contribution >= 4 is 5.97 Å². The van der Waals surface area contributed by atoms with Crippen molar-refractivity contribution in [1.82, 2.24) is 4.90 Å². The molecule has 82 valence electrons. The lowest BCUT2D eigenvalue weighted by Crippen LogP contribution is -2.16. The van der Waals surface area contributed by atoms with Crippen LogP contribution >= 0.6 is 0 Å². The van der Waals surface area contributed by atoms with E-state index in [2.05, 4.69) is 0 Å². The third kappa shape index (κ3) is 6.66. The van der Waals surface area contributed by atoms with E-state index in [0.29, 0.717) is 18.5 Å². The van der Waals surface area contributed by atoms with Crippen LogP contribution in [0.1, 0.15) is 27.2 Å². The molecule has 1 N–H and O–H groups in total. The molecule has 0 atom stereocenters. The van der Waals surface area contributed by atoms with Crippen LogP contribution < -0.4 is 0 Å². The normalized spacial score (nSPS) is 13.4. The van der Waals surface area contributed by atoms with Crippen LogP contribution in [0.15, 0.2) is 11.6 Å². The maximum atomic E-state index is 10.9. The minimum Gasteiger partial charge on any atom is -0.478 e. The summed E-state index contributed by atoms with van der Waals surface area (Å²) in [5, 5.41) is 8.96. The molecule has 0 aromatic carbocycles. The van der Waals surface area contributed by atoms with Crippen LogP contribution in [0.3, 0.4) is 0 Å². The second-order valence-electron chi connectivity index (χ2n) is 5.03. The monoisotopic (exact) mass is 199 g/mol. The molecule has 0 rings (SSSR count). The van der Waals surface area contributed by atoms with Gasteiger partial charge < -0.3 is 10.0 Å². The second kappa shape index (κ2) is 5.15. The van der Waals surface area contributed by atoms with E-state index in [1.54, 1.807) is 6.08 Å². The average molecular weight is 199 g/mol. The third-order valence-electron chi connectivity index (χ3n) is 1.70. The Kier molecular flexibility index (Phi) is 4.85. The average Bonchev–Trinajstić information content (AvgIpc) is 1.94. The van der Waals surface area contributed by atoms with Gasteiger partial charge in [-0.2, -0.15) is 0 Å². The summed E-state index contributed by atoms with van der Waals surface area (Å²) in [4.78, 5) is 12.9. The number of hydrogen-bond acceptors (Lipinski definition) is 2. The summed E-state index contributed by atoms with van der Waals surface area (Å²) in [5.74, 6) is -0.804. The highest BCUT2D eigenvalue weighted by Gasteiger charge is 2.17. The summed E-state index contributed by atoms with van der Waals surface area (Å²) in [6.45, 7) is 6.80. The minimum absolute atomic E-state index is 0.0243. The van der Waals surface area contributed by atoms with Gasteiger partial charge in [0.2, 0.25) is 0 Å². The molecule has 0 amide bonds. The van der Waals surface area contributed by atoms with E-state index in [-0.39, 0.29) is 5.41 Å². The molecule has 0 unspecified atom stereocenters. The number of carboxylic acid groups (broad SMARTS) is 1. The number of aliphatic carboxylic acids is 1. The Hall–Kier alpha value is -0.830. The fraction of sp³-hybridized carbons (Fsp3) is 0.727. The Morgan fingerprint density at radius 2 is 1.86 bits per heavy atom. The first kappa shape index (κ1) is 13.2. The van der Waals surface area contributed by atoms with Crippen LogP contribution in [0.4, 0.5) is 0 Å².